The third kappa shape index (κ3) is 3.48. The van der Waals surface area contributed by atoms with Crippen LogP contribution in [-0.2, 0) is 4.79 Å². The van der Waals surface area contributed by atoms with Gasteiger partial charge in [0.25, 0.3) is 0 Å². The lowest BCUT2D eigenvalue weighted by Gasteiger charge is -2.23. The molecule has 1 amide bonds. The number of nitrogens with zero attached hydrogens (tertiary/aromatic N) is 2. The van der Waals surface area contributed by atoms with Crippen LogP contribution in [0.2, 0.25) is 10.0 Å². The van der Waals surface area contributed by atoms with Crippen LogP contribution < -0.4 is 10.6 Å². The van der Waals surface area contributed by atoms with Gasteiger partial charge in [-0.1, -0.05) is 29.6 Å². The predicted octanol–water partition coefficient (Wildman–Crippen LogP) is 4.27. The second-order valence-corrected chi connectivity index (χ2v) is 6.01. The molecule has 1 saturated carbocycles. The Hall–Kier alpha value is -1.85. The van der Waals surface area contributed by atoms with Crippen molar-refractivity contribution in [3.63, 3.8) is 0 Å². The summed E-state index contributed by atoms with van der Waals surface area (Å²) in [6.07, 6.45) is 3.02. The molecule has 2 aromatic rings. The summed E-state index contributed by atoms with van der Waals surface area (Å²) < 4.78 is 0. The molecule has 1 aromatic heterocycles. The summed E-state index contributed by atoms with van der Waals surface area (Å²) in [7, 11) is 0. The molecule has 0 spiro atoms. The van der Waals surface area contributed by atoms with E-state index in [-0.39, 0.29) is 11.8 Å². The smallest absolute Gasteiger partial charge is 0.228 e. The van der Waals surface area contributed by atoms with Gasteiger partial charge in [0.05, 0.1) is 10.7 Å². The molecule has 2 N–H and O–H groups in total. The van der Waals surface area contributed by atoms with Crippen LogP contribution in [0, 0.1) is 5.92 Å². The SMILES string of the molecule is O=C(Nc1ccc(Nc2ccc(Cl)cc2Cl)nn1)C1CCC1. The molecule has 1 fully saturated rings. The number of rotatable bonds is 4. The summed E-state index contributed by atoms with van der Waals surface area (Å²) in [5.74, 6) is 1.12. The van der Waals surface area contributed by atoms with Gasteiger partial charge in [0, 0.05) is 10.9 Å². The average Bonchev–Trinajstić information content (AvgIpc) is 2.42. The van der Waals surface area contributed by atoms with Crippen molar-refractivity contribution in [1.82, 2.24) is 10.2 Å². The van der Waals surface area contributed by atoms with Gasteiger partial charge in [0.15, 0.2) is 11.6 Å². The summed E-state index contributed by atoms with van der Waals surface area (Å²) in [5.41, 5.74) is 0.687. The van der Waals surface area contributed by atoms with Crippen molar-refractivity contribution in [2.75, 3.05) is 10.6 Å². The van der Waals surface area contributed by atoms with E-state index in [1.807, 2.05) is 0 Å². The highest BCUT2D eigenvalue weighted by atomic mass is 35.5. The van der Waals surface area contributed by atoms with Crippen LogP contribution in [0.15, 0.2) is 30.3 Å². The number of hydrogen-bond acceptors (Lipinski definition) is 4. The van der Waals surface area contributed by atoms with Crippen LogP contribution in [0.25, 0.3) is 0 Å². The minimum absolute atomic E-state index is 0.0157. The highest BCUT2D eigenvalue weighted by Crippen LogP contribution is 2.28. The first-order chi connectivity index (χ1) is 10.6. The fourth-order valence-electron chi connectivity index (χ4n) is 2.09. The van der Waals surface area contributed by atoms with E-state index < -0.39 is 0 Å². The van der Waals surface area contributed by atoms with E-state index in [9.17, 15) is 4.79 Å². The van der Waals surface area contributed by atoms with Gasteiger partial charge in [0.2, 0.25) is 5.91 Å². The summed E-state index contributed by atoms with van der Waals surface area (Å²) in [5, 5.41) is 14.9. The second-order valence-electron chi connectivity index (χ2n) is 5.17. The molecular weight excluding hydrogens is 323 g/mol. The first-order valence-electron chi connectivity index (χ1n) is 6.98. The van der Waals surface area contributed by atoms with Gasteiger partial charge in [-0.3, -0.25) is 4.79 Å². The lowest BCUT2D eigenvalue weighted by atomic mass is 9.85. The minimum atomic E-state index is 0.0157. The molecule has 1 aromatic carbocycles. The van der Waals surface area contributed by atoms with Crippen molar-refractivity contribution >= 4 is 46.4 Å². The zero-order valence-electron chi connectivity index (χ0n) is 11.6. The second kappa shape index (κ2) is 6.50. The van der Waals surface area contributed by atoms with E-state index in [0.717, 1.165) is 19.3 Å². The molecule has 0 unspecified atom stereocenters. The molecule has 1 heterocycles. The van der Waals surface area contributed by atoms with Crippen molar-refractivity contribution in [3.05, 3.63) is 40.4 Å². The number of nitrogens with one attached hydrogen (secondary N) is 2. The summed E-state index contributed by atoms with van der Waals surface area (Å²) in [6.45, 7) is 0. The predicted molar refractivity (Wildman–Crippen MR) is 87.7 cm³/mol. The Morgan fingerprint density at radius 1 is 1.09 bits per heavy atom. The van der Waals surface area contributed by atoms with Crippen molar-refractivity contribution < 1.29 is 4.79 Å². The first kappa shape index (κ1) is 15.1. The van der Waals surface area contributed by atoms with Crippen molar-refractivity contribution in [2.24, 2.45) is 5.92 Å². The quantitative estimate of drug-likeness (QED) is 0.874. The molecule has 3 rings (SSSR count). The number of benzene rings is 1. The molecule has 0 atom stereocenters. The Labute approximate surface area is 138 Å². The standard InChI is InChI=1S/C15H14Cl2N4O/c16-10-4-5-12(11(17)8-10)18-13-6-7-14(21-20-13)19-15(22)9-2-1-3-9/h4-9H,1-3H2,(H,18,20)(H,19,21,22). The van der Waals surface area contributed by atoms with Gasteiger partial charge in [-0.25, -0.2) is 0 Å². The van der Waals surface area contributed by atoms with Crippen LogP contribution in [-0.4, -0.2) is 16.1 Å². The van der Waals surface area contributed by atoms with Crippen molar-refractivity contribution in [1.29, 1.82) is 0 Å². The zero-order chi connectivity index (χ0) is 15.5. The molecule has 0 saturated heterocycles. The maximum atomic E-state index is 11.8. The number of amides is 1. The third-order valence-corrected chi connectivity index (χ3v) is 4.13. The lowest BCUT2D eigenvalue weighted by Crippen LogP contribution is -2.28. The topological polar surface area (TPSA) is 66.9 Å². The van der Waals surface area contributed by atoms with Gasteiger partial charge in [-0.15, -0.1) is 10.2 Å². The van der Waals surface area contributed by atoms with Crippen LogP contribution in [0.1, 0.15) is 19.3 Å². The average molecular weight is 337 g/mol. The Morgan fingerprint density at radius 2 is 1.82 bits per heavy atom. The molecule has 114 valence electrons. The van der Waals surface area contributed by atoms with E-state index in [0.29, 0.717) is 27.4 Å². The molecule has 5 nitrogen and oxygen atoms in total. The van der Waals surface area contributed by atoms with Gasteiger partial charge >= 0.3 is 0 Å². The monoisotopic (exact) mass is 336 g/mol. The van der Waals surface area contributed by atoms with Crippen LogP contribution in [0.3, 0.4) is 0 Å². The highest BCUT2D eigenvalue weighted by molar-refractivity contribution is 6.36. The maximum Gasteiger partial charge on any atom is 0.228 e. The van der Waals surface area contributed by atoms with Crippen molar-refractivity contribution in [3.8, 4) is 0 Å². The normalized spacial score (nSPS) is 14.3. The van der Waals surface area contributed by atoms with Crippen molar-refractivity contribution in [2.45, 2.75) is 19.3 Å². The Kier molecular flexibility index (Phi) is 4.45. The number of carbonyl (C=O) groups excluding carboxylic acids is 1. The molecule has 22 heavy (non-hydrogen) atoms. The maximum absolute atomic E-state index is 11.8. The van der Waals surface area contributed by atoms with Crippen LogP contribution in [0.5, 0.6) is 0 Å². The minimum Gasteiger partial charge on any atom is -0.338 e. The van der Waals surface area contributed by atoms with E-state index in [4.69, 9.17) is 23.2 Å². The van der Waals surface area contributed by atoms with Gasteiger partial charge < -0.3 is 10.6 Å². The first-order valence-corrected chi connectivity index (χ1v) is 7.74. The van der Waals surface area contributed by atoms with Gasteiger partial charge in [-0.2, -0.15) is 0 Å². The van der Waals surface area contributed by atoms with E-state index in [2.05, 4.69) is 20.8 Å². The number of anilines is 3. The number of aromatic nitrogens is 2. The largest absolute Gasteiger partial charge is 0.338 e. The Morgan fingerprint density at radius 3 is 2.41 bits per heavy atom. The summed E-state index contributed by atoms with van der Waals surface area (Å²) in [4.78, 5) is 11.8. The summed E-state index contributed by atoms with van der Waals surface area (Å²) >= 11 is 11.9. The molecule has 1 aliphatic rings. The van der Waals surface area contributed by atoms with E-state index >= 15 is 0 Å². The molecule has 0 aliphatic heterocycles. The fraction of sp³-hybridized carbons (Fsp3) is 0.267. The summed E-state index contributed by atoms with van der Waals surface area (Å²) in [6, 6.07) is 8.57. The fourth-order valence-corrected chi connectivity index (χ4v) is 2.55. The van der Waals surface area contributed by atoms with Crippen LogP contribution >= 0.6 is 23.2 Å². The molecule has 1 aliphatic carbocycles. The zero-order valence-corrected chi connectivity index (χ0v) is 13.2. The lowest BCUT2D eigenvalue weighted by molar-refractivity contribution is -0.122. The van der Waals surface area contributed by atoms with Gasteiger partial charge in [-0.05, 0) is 43.2 Å². The van der Waals surface area contributed by atoms with Crippen LogP contribution in [0.4, 0.5) is 17.3 Å². The molecule has 7 heteroatoms. The Bertz CT molecular complexity index is 686. The molecule has 0 radical (unpaired) electrons. The number of carbonyl (C=O) groups is 1. The Balaban J connectivity index is 1.64. The van der Waals surface area contributed by atoms with Gasteiger partial charge in [0.1, 0.15) is 0 Å². The van der Waals surface area contributed by atoms with E-state index in [1.165, 1.54) is 0 Å². The number of hydrogen-bond donors (Lipinski definition) is 2. The van der Waals surface area contributed by atoms with E-state index in [1.54, 1.807) is 30.3 Å². The highest BCUT2D eigenvalue weighted by Gasteiger charge is 2.25. The molecular formula is C15H14Cl2N4O. The third-order valence-electron chi connectivity index (χ3n) is 3.59. The molecule has 0 bridgehead atoms. The number of halogens is 2.